The van der Waals surface area contributed by atoms with Gasteiger partial charge in [0.05, 0.1) is 23.3 Å². The van der Waals surface area contributed by atoms with E-state index in [0.717, 1.165) is 27.9 Å². The highest BCUT2D eigenvalue weighted by molar-refractivity contribution is 6.38. The molecule has 3 N–H and O–H groups in total. The number of anilines is 2. The molecule has 1 aromatic heterocycles. The molecule has 36 heavy (non-hydrogen) atoms. The SMILES string of the molecule is O=C(O)CCc1ccc(C(Nc2ccc(Cn3ccnc3)cc2)=C2C(=O)Nc3cc(Cl)ccc32)cc1. The zero-order chi connectivity index (χ0) is 25.1. The van der Waals surface area contributed by atoms with Crippen molar-refractivity contribution in [3.05, 3.63) is 113 Å². The van der Waals surface area contributed by atoms with Crippen LogP contribution in [0.2, 0.25) is 5.02 Å². The van der Waals surface area contributed by atoms with Gasteiger partial charge in [0.2, 0.25) is 0 Å². The lowest BCUT2D eigenvalue weighted by Crippen LogP contribution is -2.10. The van der Waals surface area contributed by atoms with Crippen molar-refractivity contribution in [1.29, 1.82) is 0 Å². The molecule has 1 aliphatic heterocycles. The molecule has 1 aliphatic rings. The molecule has 3 aromatic carbocycles. The van der Waals surface area contributed by atoms with E-state index in [9.17, 15) is 9.59 Å². The van der Waals surface area contributed by atoms with Crippen LogP contribution in [0.4, 0.5) is 11.4 Å². The lowest BCUT2D eigenvalue weighted by Gasteiger charge is -2.16. The first-order valence-corrected chi connectivity index (χ1v) is 11.8. The van der Waals surface area contributed by atoms with Crippen molar-refractivity contribution < 1.29 is 14.7 Å². The number of amides is 1. The fourth-order valence-corrected chi connectivity index (χ4v) is 4.36. The molecule has 7 nitrogen and oxygen atoms in total. The number of hydrogen-bond donors (Lipinski definition) is 3. The smallest absolute Gasteiger partial charge is 0.303 e. The number of carbonyl (C=O) groups excluding carboxylic acids is 1. The van der Waals surface area contributed by atoms with Crippen LogP contribution in [-0.4, -0.2) is 26.5 Å². The number of carbonyl (C=O) groups is 2. The number of aliphatic carboxylic acids is 1. The number of benzene rings is 3. The molecule has 2 heterocycles. The summed E-state index contributed by atoms with van der Waals surface area (Å²) in [5.41, 5.74) is 6.27. The standard InChI is InChI=1S/C28H23ClN4O3/c29-21-8-11-23-24(15-21)32-28(36)26(23)27(20-6-1-18(2-7-20)5-12-25(34)35)31-22-9-3-19(4-10-22)16-33-14-13-30-17-33/h1-4,6-11,13-15,17,31H,5,12,16H2,(H,32,36)(H,34,35). The lowest BCUT2D eigenvalue weighted by molar-refractivity contribution is -0.137. The zero-order valence-corrected chi connectivity index (χ0v) is 20.0. The molecule has 0 radical (unpaired) electrons. The van der Waals surface area contributed by atoms with Gasteiger partial charge in [0.1, 0.15) is 0 Å². The quantitative estimate of drug-likeness (QED) is 0.277. The summed E-state index contributed by atoms with van der Waals surface area (Å²) in [5.74, 6) is -1.06. The highest BCUT2D eigenvalue weighted by atomic mass is 35.5. The molecule has 5 rings (SSSR count). The molecule has 0 saturated heterocycles. The van der Waals surface area contributed by atoms with E-state index < -0.39 is 5.97 Å². The summed E-state index contributed by atoms with van der Waals surface area (Å²) in [6.07, 6.45) is 5.94. The summed E-state index contributed by atoms with van der Waals surface area (Å²) in [4.78, 5) is 28.1. The molecule has 0 bridgehead atoms. The van der Waals surface area contributed by atoms with Gasteiger partial charge in [0.15, 0.2) is 0 Å². The predicted molar refractivity (Wildman–Crippen MR) is 141 cm³/mol. The van der Waals surface area contributed by atoms with Gasteiger partial charge in [0.25, 0.3) is 5.91 Å². The van der Waals surface area contributed by atoms with E-state index in [1.807, 2.05) is 65.4 Å². The first-order valence-electron chi connectivity index (χ1n) is 11.4. The Kier molecular flexibility index (Phi) is 6.56. The Balaban J connectivity index is 1.50. The maximum absolute atomic E-state index is 13.1. The fourth-order valence-electron chi connectivity index (χ4n) is 4.19. The van der Waals surface area contributed by atoms with Crippen LogP contribution in [0.5, 0.6) is 0 Å². The van der Waals surface area contributed by atoms with Crippen molar-refractivity contribution >= 4 is 46.1 Å². The van der Waals surface area contributed by atoms with Gasteiger partial charge >= 0.3 is 5.97 Å². The molecule has 0 atom stereocenters. The number of nitrogens with one attached hydrogen (secondary N) is 2. The van der Waals surface area contributed by atoms with Crippen molar-refractivity contribution in [1.82, 2.24) is 9.55 Å². The Bertz CT molecular complexity index is 1440. The van der Waals surface area contributed by atoms with E-state index in [2.05, 4.69) is 15.6 Å². The van der Waals surface area contributed by atoms with Crippen molar-refractivity contribution in [2.75, 3.05) is 10.6 Å². The van der Waals surface area contributed by atoms with Gasteiger partial charge in [-0.3, -0.25) is 9.59 Å². The Labute approximate surface area is 213 Å². The Hall–Kier alpha value is -4.36. The van der Waals surface area contributed by atoms with E-state index in [0.29, 0.717) is 34.9 Å². The topological polar surface area (TPSA) is 96.2 Å². The van der Waals surface area contributed by atoms with Gasteiger partial charge in [-0.25, -0.2) is 4.98 Å². The first kappa shape index (κ1) is 23.4. The maximum Gasteiger partial charge on any atom is 0.303 e. The number of fused-ring (bicyclic) bond motifs is 1. The third-order valence-electron chi connectivity index (χ3n) is 5.99. The van der Waals surface area contributed by atoms with Gasteiger partial charge < -0.3 is 20.3 Å². The average Bonchev–Trinajstić information content (AvgIpc) is 3.49. The van der Waals surface area contributed by atoms with E-state index in [1.54, 1.807) is 24.7 Å². The van der Waals surface area contributed by atoms with Crippen molar-refractivity contribution in [3.8, 4) is 0 Å². The Morgan fingerprint density at radius 1 is 1.03 bits per heavy atom. The normalized spacial score (nSPS) is 13.8. The van der Waals surface area contributed by atoms with Crippen molar-refractivity contribution in [3.63, 3.8) is 0 Å². The molecule has 0 saturated carbocycles. The van der Waals surface area contributed by atoms with E-state index in [1.165, 1.54) is 0 Å². The number of nitrogens with zero attached hydrogens (tertiary/aromatic N) is 2. The third kappa shape index (κ3) is 5.16. The lowest BCUT2D eigenvalue weighted by atomic mass is 9.98. The van der Waals surface area contributed by atoms with Crippen LogP contribution in [-0.2, 0) is 22.6 Å². The molecular weight excluding hydrogens is 476 g/mol. The number of carboxylic acid groups (broad SMARTS) is 1. The van der Waals surface area contributed by atoms with Crippen LogP contribution >= 0.6 is 11.6 Å². The van der Waals surface area contributed by atoms with Crippen LogP contribution in [0.1, 0.15) is 28.7 Å². The summed E-state index contributed by atoms with van der Waals surface area (Å²) < 4.78 is 1.99. The number of imidazole rings is 1. The van der Waals surface area contributed by atoms with Crippen molar-refractivity contribution in [2.45, 2.75) is 19.4 Å². The van der Waals surface area contributed by atoms with Gasteiger partial charge in [-0.2, -0.15) is 0 Å². The fraction of sp³-hybridized carbons (Fsp3) is 0.107. The number of hydrogen-bond acceptors (Lipinski definition) is 4. The van der Waals surface area contributed by atoms with E-state index in [4.69, 9.17) is 16.7 Å². The van der Waals surface area contributed by atoms with Crippen LogP contribution in [0.15, 0.2) is 85.5 Å². The molecular formula is C28H23ClN4O3. The molecule has 0 spiro atoms. The monoisotopic (exact) mass is 498 g/mol. The second kappa shape index (κ2) is 10.1. The highest BCUT2D eigenvalue weighted by Gasteiger charge is 2.28. The highest BCUT2D eigenvalue weighted by Crippen LogP contribution is 2.38. The van der Waals surface area contributed by atoms with Gasteiger partial charge in [0, 0.05) is 41.6 Å². The summed E-state index contributed by atoms with van der Waals surface area (Å²) in [6.45, 7) is 0.711. The maximum atomic E-state index is 13.1. The van der Waals surface area contributed by atoms with E-state index >= 15 is 0 Å². The Morgan fingerprint density at radius 2 is 1.78 bits per heavy atom. The third-order valence-corrected chi connectivity index (χ3v) is 6.23. The second-order valence-electron chi connectivity index (χ2n) is 8.54. The minimum absolute atomic E-state index is 0.0630. The molecule has 4 aromatic rings. The largest absolute Gasteiger partial charge is 0.481 e. The summed E-state index contributed by atoms with van der Waals surface area (Å²) in [5, 5.41) is 15.9. The number of aryl methyl sites for hydroxylation is 1. The summed E-state index contributed by atoms with van der Waals surface area (Å²) >= 11 is 6.15. The molecule has 180 valence electrons. The van der Waals surface area contributed by atoms with Gasteiger partial charge in [-0.15, -0.1) is 0 Å². The zero-order valence-electron chi connectivity index (χ0n) is 19.2. The minimum Gasteiger partial charge on any atom is -0.481 e. The number of carboxylic acids is 1. The minimum atomic E-state index is -0.835. The predicted octanol–water partition coefficient (Wildman–Crippen LogP) is 5.53. The summed E-state index contributed by atoms with van der Waals surface area (Å²) in [6, 6.07) is 20.9. The van der Waals surface area contributed by atoms with Crippen molar-refractivity contribution in [2.24, 2.45) is 0 Å². The second-order valence-corrected chi connectivity index (χ2v) is 8.98. The summed E-state index contributed by atoms with van der Waals surface area (Å²) in [7, 11) is 0. The van der Waals surface area contributed by atoms with Gasteiger partial charge in [-0.05, 0) is 47.4 Å². The van der Waals surface area contributed by atoms with Crippen LogP contribution in [0, 0.1) is 0 Å². The number of halogens is 1. The number of aromatic nitrogens is 2. The molecule has 0 aliphatic carbocycles. The van der Waals surface area contributed by atoms with E-state index in [-0.39, 0.29) is 12.3 Å². The molecule has 8 heteroatoms. The molecule has 1 amide bonds. The van der Waals surface area contributed by atoms with Gasteiger partial charge in [-0.1, -0.05) is 54.1 Å². The van der Waals surface area contributed by atoms with Crippen LogP contribution < -0.4 is 10.6 Å². The first-order chi connectivity index (χ1) is 17.5. The average molecular weight is 499 g/mol. The van der Waals surface area contributed by atoms with Crippen LogP contribution in [0.3, 0.4) is 0 Å². The molecule has 0 fully saturated rings. The molecule has 0 unspecified atom stereocenters. The number of rotatable bonds is 8. The van der Waals surface area contributed by atoms with Crippen LogP contribution in [0.25, 0.3) is 11.3 Å². The Morgan fingerprint density at radius 3 is 2.47 bits per heavy atom.